The average molecular weight is 349 g/mol. The maximum atomic E-state index is 13.6. The summed E-state index contributed by atoms with van der Waals surface area (Å²) >= 11 is 0. The molecular weight excluding hydrogens is 333 g/mol. The molecule has 1 aliphatic rings. The van der Waals surface area contributed by atoms with Crippen LogP contribution in [-0.2, 0) is 9.47 Å². The van der Waals surface area contributed by atoms with E-state index >= 15 is 0 Å². The highest BCUT2D eigenvalue weighted by Crippen LogP contribution is 2.31. The second kappa shape index (κ2) is 6.61. The molecule has 9 heteroatoms. The molecule has 0 bridgehead atoms. The lowest BCUT2D eigenvalue weighted by Crippen LogP contribution is -2.38. The summed E-state index contributed by atoms with van der Waals surface area (Å²) in [5, 5.41) is 10.4. The molecule has 25 heavy (non-hydrogen) atoms. The lowest BCUT2D eigenvalue weighted by atomic mass is 10.1. The van der Waals surface area contributed by atoms with E-state index < -0.39 is 47.8 Å². The highest BCUT2D eigenvalue weighted by atomic mass is 19.1. The summed E-state index contributed by atoms with van der Waals surface area (Å²) in [5.74, 6) is -2.11. The lowest BCUT2D eigenvalue weighted by molar-refractivity contribution is -0.0357. The first-order chi connectivity index (χ1) is 11.9. The quantitative estimate of drug-likeness (QED) is 0.774. The maximum Gasteiger partial charge on any atom is 0.351 e. The topological polar surface area (TPSA) is 117 Å². The fourth-order valence-corrected chi connectivity index (χ4v) is 2.62. The highest BCUT2D eigenvalue weighted by Gasteiger charge is 2.45. The Kier molecular flexibility index (Phi) is 4.51. The molecule has 2 aromatic rings. The number of hydrogen-bond acceptors (Lipinski definition) is 7. The zero-order chi connectivity index (χ0) is 18.1. The normalized spacial score (nSPS) is 25.7. The molecule has 0 saturated carbocycles. The van der Waals surface area contributed by atoms with Crippen LogP contribution in [0.1, 0.15) is 23.5 Å². The third-order valence-electron chi connectivity index (χ3n) is 3.91. The maximum absolute atomic E-state index is 13.6. The van der Waals surface area contributed by atoms with Gasteiger partial charge in [0.2, 0.25) is 0 Å². The minimum Gasteiger partial charge on any atom is -0.453 e. The van der Waals surface area contributed by atoms with Crippen LogP contribution in [0.5, 0.6) is 0 Å². The molecule has 3 rings (SSSR count). The molecule has 1 aromatic carbocycles. The number of carbonyl (C=O) groups excluding carboxylic acids is 1. The molecule has 8 nitrogen and oxygen atoms in total. The van der Waals surface area contributed by atoms with Crippen LogP contribution >= 0.6 is 0 Å². The first-order valence-corrected chi connectivity index (χ1v) is 7.52. The number of halogens is 1. The van der Waals surface area contributed by atoms with Gasteiger partial charge in [0.25, 0.3) is 0 Å². The second-order valence-electron chi connectivity index (χ2n) is 5.62. The van der Waals surface area contributed by atoms with E-state index in [9.17, 15) is 19.1 Å². The fraction of sp³-hybridized carbons (Fsp3) is 0.312. The number of carbonyl (C=O) groups is 1. The van der Waals surface area contributed by atoms with Gasteiger partial charge in [-0.05, 0) is 19.1 Å². The predicted molar refractivity (Wildman–Crippen MR) is 84.1 cm³/mol. The zero-order valence-corrected chi connectivity index (χ0v) is 13.2. The summed E-state index contributed by atoms with van der Waals surface area (Å²) in [4.78, 5) is 27.4. The third kappa shape index (κ3) is 3.24. The largest absolute Gasteiger partial charge is 0.453 e. The van der Waals surface area contributed by atoms with Crippen molar-refractivity contribution in [3.8, 4) is 0 Å². The van der Waals surface area contributed by atoms with Crippen LogP contribution < -0.4 is 11.4 Å². The van der Waals surface area contributed by atoms with Crippen molar-refractivity contribution in [1.82, 2.24) is 9.55 Å². The number of anilines is 1. The van der Waals surface area contributed by atoms with Gasteiger partial charge in [0, 0.05) is 0 Å². The Hall–Kier alpha value is -2.78. The predicted octanol–water partition coefficient (Wildman–Crippen LogP) is 0.468. The average Bonchev–Trinajstić information content (AvgIpc) is 2.87. The van der Waals surface area contributed by atoms with Crippen molar-refractivity contribution in [1.29, 1.82) is 0 Å². The number of rotatable bonds is 3. The summed E-state index contributed by atoms with van der Waals surface area (Å²) in [7, 11) is 0. The van der Waals surface area contributed by atoms with Crippen LogP contribution in [0.4, 0.5) is 10.2 Å². The molecule has 0 amide bonds. The minimum atomic E-state index is -1.38. The molecule has 0 spiro atoms. The van der Waals surface area contributed by atoms with Crippen LogP contribution in [0.3, 0.4) is 0 Å². The zero-order valence-electron chi connectivity index (χ0n) is 13.2. The van der Waals surface area contributed by atoms with Gasteiger partial charge >= 0.3 is 11.7 Å². The second-order valence-corrected chi connectivity index (χ2v) is 5.62. The number of hydrogen-bond donors (Lipinski definition) is 2. The molecule has 1 aliphatic heterocycles. The molecule has 1 aromatic heterocycles. The number of aromatic nitrogens is 2. The molecule has 1 saturated heterocycles. The van der Waals surface area contributed by atoms with Crippen molar-refractivity contribution in [2.45, 2.75) is 31.5 Å². The highest BCUT2D eigenvalue weighted by molar-refractivity contribution is 5.89. The van der Waals surface area contributed by atoms with Crippen molar-refractivity contribution in [2.24, 2.45) is 0 Å². The molecule has 3 N–H and O–H groups in total. The van der Waals surface area contributed by atoms with Crippen molar-refractivity contribution in [3.05, 3.63) is 58.4 Å². The fourth-order valence-electron chi connectivity index (χ4n) is 2.62. The number of aliphatic hydroxyl groups is 1. The van der Waals surface area contributed by atoms with Crippen molar-refractivity contribution in [2.75, 3.05) is 5.73 Å². The number of nitrogen functional groups attached to an aromatic ring is 1. The smallest absolute Gasteiger partial charge is 0.351 e. The third-order valence-corrected chi connectivity index (χ3v) is 3.91. The molecule has 1 fully saturated rings. The van der Waals surface area contributed by atoms with Crippen molar-refractivity contribution < 1.29 is 23.8 Å². The van der Waals surface area contributed by atoms with Gasteiger partial charge in [0.15, 0.2) is 24.0 Å². The van der Waals surface area contributed by atoms with E-state index in [0.717, 1.165) is 10.8 Å². The summed E-state index contributed by atoms with van der Waals surface area (Å²) in [6, 6.07) is 8.23. The Bertz CT molecular complexity index is 841. The number of esters is 1. The summed E-state index contributed by atoms with van der Waals surface area (Å²) in [5.41, 5.74) is 4.66. The first-order valence-electron chi connectivity index (χ1n) is 7.52. The van der Waals surface area contributed by atoms with E-state index in [2.05, 4.69) is 4.98 Å². The Labute approximate surface area is 141 Å². The van der Waals surface area contributed by atoms with Gasteiger partial charge in [-0.1, -0.05) is 18.2 Å². The molecular formula is C16H16FN3O5. The number of aliphatic hydroxyl groups excluding tert-OH is 1. The first kappa shape index (κ1) is 17.1. The van der Waals surface area contributed by atoms with Gasteiger partial charge in [-0.15, -0.1) is 0 Å². The van der Waals surface area contributed by atoms with Crippen LogP contribution in [-0.4, -0.2) is 38.9 Å². The number of nitrogens with two attached hydrogens (primary N) is 1. The molecule has 4 atom stereocenters. The Morgan fingerprint density at radius 1 is 1.40 bits per heavy atom. The number of benzene rings is 1. The van der Waals surface area contributed by atoms with E-state index in [0.29, 0.717) is 5.56 Å². The Morgan fingerprint density at radius 2 is 2.08 bits per heavy atom. The van der Waals surface area contributed by atoms with Crippen molar-refractivity contribution >= 4 is 11.8 Å². The van der Waals surface area contributed by atoms with Gasteiger partial charge in [-0.25, -0.2) is 14.0 Å². The molecule has 2 heterocycles. The lowest BCUT2D eigenvalue weighted by Gasteiger charge is -2.19. The van der Waals surface area contributed by atoms with E-state index in [1.165, 1.54) is 0 Å². The minimum absolute atomic E-state index is 0.308. The van der Waals surface area contributed by atoms with E-state index in [1.54, 1.807) is 37.3 Å². The number of nitrogens with zero attached hydrogens (tertiary/aromatic N) is 2. The van der Waals surface area contributed by atoms with Gasteiger partial charge in [0.1, 0.15) is 6.10 Å². The van der Waals surface area contributed by atoms with Crippen LogP contribution in [0.2, 0.25) is 0 Å². The monoisotopic (exact) mass is 349 g/mol. The van der Waals surface area contributed by atoms with E-state index in [4.69, 9.17) is 15.2 Å². The molecule has 0 radical (unpaired) electrons. The van der Waals surface area contributed by atoms with E-state index in [1.807, 2.05) is 0 Å². The molecule has 132 valence electrons. The van der Waals surface area contributed by atoms with Crippen molar-refractivity contribution in [3.63, 3.8) is 0 Å². The molecule has 0 unspecified atom stereocenters. The summed E-state index contributed by atoms with van der Waals surface area (Å²) in [6.07, 6.45) is -3.60. The van der Waals surface area contributed by atoms with Gasteiger partial charge < -0.3 is 20.3 Å². The standard InChI is InChI=1S/C16H16FN3O5/c1-8-12(25-15(22)9-5-3-2-4-6-9)11(21)14(24-8)20-7-10(17)13(18)19-16(20)23/h2-8,11-12,14,21H,1H3,(H2,18,19,23)/t8-,11-,12-,14-/m1/s1. The van der Waals surface area contributed by atoms with E-state index in [-0.39, 0.29) is 0 Å². The number of ether oxygens (including phenoxy) is 2. The summed E-state index contributed by atoms with van der Waals surface area (Å²) in [6.45, 7) is 1.57. The van der Waals surface area contributed by atoms with Crippen LogP contribution in [0.15, 0.2) is 41.3 Å². The Balaban J connectivity index is 1.82. The SMILES string of the molecule is C[C@H]1O[C@@H](n2cc(F)c(N)nc2=O)[C@H](O)[C@@H]1OC(=O)c1ccccc1. The van der Waals surface area contributed by atoms with Gasteiger partial charge in [-0.3, -0.25) is 4.57 Å². The van der Waals surface area contributed by atoms with Crippen LogP contribution in [0, 0.1) is 5.82 Å². The van der Waals surface area contributed by atoms with Gasteiger partial charge in [-0.2, -0.15) is 4.98 Å². The Morgan fingerprint density at radius 3 is 2.76 bits per heavy atom. The van der Waals surface area contributed by atoms with Gasteiger partial charge in [0.05, 0.1) is 17.9 Å². The summed E-state index contributed by atoms with van der Waals surface area (Å²) < 4.78 is 25.1. The van der Waals surface area contributed by atoms with Crippen LogP contribution in [0.25, 0.3) is 0 Å². The molecule has 0 aliphatic carbocycles.